The fourth-order valence-electron chi connectivity index (χ4n) is 2.58. The van der Waals surface area contributed by atoms with Gasteiger partial charge in [0.1, 0.15) is 0 Å². The van der Waals surface area contributed by atoms with Gasteiger partial charge in [0.05, 0.1) is 5.01 Å². The summed E-state index contributed by atoms with van der Waals surface area (Å²) in [5.41, 5.74) is 0. The topological polar surface area (TPSA) is 28.2 Å². The van der Waals surface area contributed by atoms with Crippen molar-refractivity contribution in [2.24, 2.45) is 5.92 Å². The predicted octanol–water partition coefficient (Wildman–Crippen LogP) is 2.57. The van der Waals surface area contributed by atoms with Crippen molar-refractivity contribution in [3.05, 3.63) is 16.6 Å². The van der Waals surface area contributed by atoms with E-state index in [-0.39, 0.29) is 0 Å². The van der Waals surface area contributed by atoms with E-state index in [0.29, 0.717) is 17.9 Å². The monoisotopic (exact) mass is 267 g/mol. The summed E-state index contributed by atoms with van der Waals surface area (Å²) in [7, 11) is 0. The van der Waals surface area contributed by atoms with Crippen LogP contribution in [-0.2, 0) is 0 Å². The van der Waals surface area contributed by atoms with E-state index in [2.05, 4.69) is 41.4 Å². The van der Waals surface area contributed by atoms with Crippen molar-refractivity contribution in [2.75, 3.05) is 26.2 Å². The number of nitrogens with one attached hydrogen (secondary N) is 1. The summed E-state index contributed by atoms with van der Waals surface area (Å²) in [5.74, 6) is 1.26. The Hall–Kier alpha value is -0.450. The molecule has 2 atom stereocenters. The molecule has 3 nitrogen and oxygen atoms in total. The standard InChI is InChI=1S/C14H25N3S/c1-11(2)13-10-17(7-4-5-15-13)9-12(3)14-16-6-8-18-14/h6,8,11-13,15H,4-5,7,9-10H2,1-3H3. The quantitative estimate of drug-likeness (QED) is 0.909. The Morgan fingerprint density at radius 2 is 2.33 bits per heavy atom. The summed E-state index contributed by atoms with van der Waals surface area (Å²) in [6, 6.07) is 0.635. The molecule has 2 unspecified atom stereocenters. The first-order valence-corrected chi connectivity index (χ1v) is 7.90. The lowest BCUT2D eigenvalue weighted by Gasteiger charge is -2.28. The van der Waals surface area contributed by atoms with Gasteiger partial charge in [0.25, 0.3) is 0 Å². The van der Waals surface area contributed by atoms with Crippen molar-refractivity contribution in [3.8, 4) is 0 Å². The van der Waals surface area contributed by atoms with Crippen LogP contribution < -0.4 is 5.32 Å². The fourth-order valence-corrected chi connectivity index (χ4v) is 3.27. The highest BCUT2D eigenvalue weighted by Gasteiger charge is 2.22. The number of nitrogens with zero attached hydrogens (tertiary/aromatic N) is 2. The van der Waals surface area contributed by atoms with Crippen LogP contribution in [0.4, 0.5) is 0 Å². The van der Waals surface area contributed by atoms with Crippen LogP contribution >= 0.6 is 11.3 Å². The van der Waals surface area contributed by atoms with Crippen molar-refractivity contribution in [1.82, 2.24) is 15.2 Å². The summed E-state index contributed by atoms with van der Waals surface area (Å²) in [6.07, 6.45) is 3.17. The molecule has 0 aliphatic carbocycles. The minimum absolute atomic E-state index is 0.552. The van der Waals surface area contributed by atoms with E-state index in [0.717, 1.165) is 13.1 Å². The molecule has 1 aromatic heterocycles. The molecule has 1 aliphatic heterocycles. The summed E-state index contributed by atoms with van der Waals surface area (Å²) in [5, 5.41) is 7.01. The molecule has 1 aliphatic rings. The highest BCUT2D eigenvalue weighted by Crippen LogP contribution is 2.20. The molecule has 1 fully saturated rings. The molecule has 0 radical (unpaired) electrons. The first kappa shape index (κ1) is 14.0. The van der Waals surface area contributed by atoms with Crippen LogP contribution in [0.2, 0.25) is 0 Å². The van der Waals surface area contributed by atoms with Crippen LogP contribution in [0.1, 0.15) is 38.1 Å². The number of rotatable bonds is 4. The average Bonchev–Trinajstić information content (AvgIpc) is 2.76. The molecule has 2 rings (SSSR count). The molecule has 0 aromatic carbocycles. The van der Waals surface area contributed by atoms with Crippen LogP contribution in [-0.4, -0.2) is 42.1 Å². The summed E-state index contributed by atoms with van der Waals surface area (Å²) in [6.45, 7) is 11.6. The Labute approximate surface area is 115 Å². The number of aromatic nitrogens is 1. The van der Waals surface area contributed by atoms with Crippen LogP contribution in [0, 0.1) is 5.92 Å². The van der Waals surface area contributed by atoms with E-state index in [1.54, 1.807) is 11.3 Å². The lowest BCUT2D eigenvalue weighted by molar-refractivity contribution is 0.235. The Morgan fingerprint density at radius 1 is 1.50 bits per heavy atom. The van der Waals surface area contributed by atoms with Crippen molar-refractivity contribution in [3.63, 3.8) is 0 Å². The largest absolute Gasteiger partial charge is 0.312 e. The van der Waals surface area contributed by atoms with Gasteiger partial charge in [0, 0.05) is 36.6 Å². The van der Waals surface area contributed by atoms with Gasteiger partial charge in [-0.2, -0.15) is 0 Å². The lowest BCUT2D eigenvalue weighted by Crippen LogP contribution is -2.42. The molecule has 0 spiro atoms. The van der Waals surface area contributed by atoms with Gasteiger partial charge >= 0.3 is 0 Å². The maximum atomic E-state index is 4.44. The Bertz CT molecular complexity index is 337. The van der Waals surface area contributed by atoms with E-state index in [1.807, 2.05) is 6.20 Å². The third-order valence-electron chi connectivity index (χ3n) is 3.72. The number of hydrogen-bond donors (Lipinski definition) is 1. The van der Waals surface area contributed by atoms with Crippen LogP contribution in [0.25, 0.3) is 0 Å². The molecule has 1 aromatic rings. The normalized spacial score (nSPS) is 24.1. The third-order valence-corrected chi connectivity index (χ3v) is 4.73. The predicted molar refractivity (Wildman–Crippen MR) is 78.2 cm³/mol. The molecule has 1 saturated heterocycles. The van der Waals surface area contributed by atoms with Gasteiger partial charge in [-0.1, -0.05) is 20.8 Å². The molecule has 0 bridgehead atoms. The maximum absolute atomic E-state index is 4.44. The van der Waals surface area contributed by atoms with Crippen LogP contribution in [0.5, 0.6) is 0 Å². The zero-order valence-electron chi connectivity index (χ0n) is 11.7. The average molecular weight is 267 g/mol. The SMILES string of the molecule is CC(CN1CCCNC(C(C)C)C1)c1nccs1. The fraction of sp³-hybridized carbons (Fsp3) is 0.786. The van der Waals surface area contributed by atoms with Gasteiger partial charge in [0.15, 0.2) is 0 Å². The Kier molecular flexibility index (Phi) is 5.15. The third kappa shape index (κ3) is 3.77. The molecule has 4 heteroatoms. The molecular formula is C14H25N3S. The van der Waals surface area contributed by atoms with E-state index in [9.17, 15) is 0 Å². The highest BCUT2D eigenvalue weighted by atomic mass is 32.1. The smallest absolute Gasteiger partial charge is 0.0965 e. The van der Waals surface area contributed by atoms with Crippen LogP contribution in [0.3, 0.4) is 0 Å². The van der Waals surface area contributed by atoms with Crippen molar-refractivity contribution >= 4 is 11.3 Å². The van der Waals surface area contributed by atoms with Gasteiger partial charge in [-0.3, -0.25) is 0 Å². The molecule has 1 N–H and O–H groups in total. The lowest BCUT2D eigenvalue weighted by atomic mass is 10.0. The first-order valence-electron chi connectivity index (χ1n) is 7.02. The van der Waals surface area contributed by atoms with E-state index >= 15 is 0 Å². The van der Waals surface area contributed by atoms with E-state index in [4.69, 9.17) is 0 Å². The minimum atomic E-state index is 0.552. The summed E-state index contributed by atoms with van der Waals surface area (Å²) >= 11 is 1.78. The summed E-state index contributed by atoms with van der Waals surface area (Å²) in [4.78, 5) is 7.04. The second-order valence-corrected chi connectivity index (χ2v) is 6.62. The molecular weight excluding hydrogens is 242 g/mol. The zero-order valence-corrected chi connectivity index (χ0v) is 12.5. The van der Waals surface area contributed by atoms with Gasteiger partial charge < -0.3 is 10.2 Å². The maximum Gasteiger partial charge on any atom is 0.0965 e. The zero-order chi connectivity index (χ0) is 13.0. The van der Waals surface area contributed by atoms with Crippen molar-refractivity contribution in [1.29, 1.82) is 0 Å². The Balaban J connectivity index is 1.91. The Morgan fingerprint density at radius 3 is 3.00 bits per heavy atom. The van der Waals surface area contributed by atoms with Gasteiger partial charge in [-0.25, -0.2) is 4.98 Å². The van der Waals surface area contributed by atoms with Gasteiger partial charge in [-0.15, -0.1) is 11.3 Å². The van der Waals surface area contributed by atoms with Crippen molar-refractivity contribution in [2.45, 2.75) is 39.2 Å². The number of thiazole rings is 1. The molecule has 18 heavy (non-hydrogen) atoms. The molecule has 0 saturated carbocycles. The van der Waals surface area contributed by atoms with Gasteiger partial charge in [-0.05, 0) is 25.4 Å². The first-order chi connectivity index (χ1) is 8.66. The molecule has 0 amide bonds. The number of hydrogen-bond acceptors (Lipinski definition) is 4. The molecule has 102 valence electrons. The second-order valence-electron chi connectivity index (χ2n) is 5.69. The highest BCUT2D eigenvalue weighted by molar-refractivity contribution is 7.09. The molecule has 2 heterocycles. The van der Waals surface area contributed by atoms with E-state index in [1.165, 1.54) is 24.5 Å². The van der Waals surface area contributed by atoms with Crippen LogP contribution in [0.15, 0.2) is 11.6 Å². The minimum Gasteiger partial charge on any atom is -0.312 e. The van der Waals surface area contributed by atoms with Crippen molar-refractivity contribution < 1.29 is 0 Å². The summed E-state index contributed by atoms with van der Waals surface area (Å²) < 4.78 is 0. The van der Waals surface area contributed by atoms with E-state index < -0.39 is 0 Å². The van der Waals surface area contributed by atoms with Gasteiger partial charge in [0.2, 0.25) is 0 Å². The second kappa shape index (κ2) is 6.64.